The first kappa shape index (κ1) is 22.1. The lowest BCUT2D eigenvalue weighted by molar-refractivity contribution is -0.695. The van der Waals surface area contributed by atoms with Gasteiger partial charge in [-0.2, -0.15) is 0 Å². The largest absolute Gasteiger partial charge is 0.872 e. The maximum atomic E-state index is 13.4. The highest BCUT2D eigenvalue weighted by Crippen LogP contribution is 2.43. The molecular formula is C24H24N4O5. The van der Waals surface area contributed by atoms with Crippen LogP contribution in [0.4, 0.5) is 0 Å². The van der Waals surface area contributed by atoms with Gasteiger partial charge in [0.15, 0.2) is 0 Å². The molecule has 1 amide bonds. The normalized spacial score (nSPS) is 17.4. The van der Waals surface area contributed by atoms with E-state index in [9.17, 15) is 14.7 Å². The number of hydrogen-bond donors (Lipinski definition) is 1. The quantitative estimate of drug-likeness (QED) is 0.238. The second-order valence-electron chi connectivity index (χ2n) is 7.52. The average Bonchev–Trinajstić information content (AvgIpc) is 3.46. The minimum atomic E-state index is -0.896. The third-order valence-electron chi connectivity index (χ3n) is 5.62. The van der Waals surface area contributed by atoms with E-state index >= 15 is 0 Å². The number of methoxy groups -OCH3 is 2. The molecule has 1 saturated heterocycles. The molecule has 9 heteroatoms. The summed E-state index contributed by atoms with van der Waals surface area (Å²) in [5.74, 6) is -1.04. The summed E-state index contributed by atoms with van der Waals surface area (Å²) in [5.41, 5.74) is 0.701. The Morgan fingerprint density at radius 2 is 1.97 bits per heavy atom. The number of H-pyrrole nitrogens is 1. The second kappa shape index (κ2) is 9.56. The Labute approximate surface area is 190 Å². The van der Waals surface area contributed by atoms with E-state index in [0.717, 1.165) is 0 Å². The van der Waals surface area contributed by atoms with Gasteiger partial charge in [-0.05, 0) is 35.9 Å². The number of aromatic nitrogens is 3. The van der Waals surface area contributed by atoms with Crippen molar-refractivity contribution in [3.05, 3.63) is 78.1 Å². The van der Waals surface area contributed by atoms with Crippen molar-refractivity contribution in [2.45, 2.75) is 19.0 Å². The van der Waals surface area contributed by atoms with E-state index in [1.54, 1.807) is 24.4 Å². The van der Waals surface area contributed by atoms with Gasteiger partial charge in [0.05, 0.1) is 26.8 Å². The monoisotopic (exact) mass is 448 g/mol. The number of Topliss-reactive ketones (excluding diaryl/α,β-unsaturated/α-hetero) is 1. The minimum absolute atomic E-state index is 0.105. The molecule has 2 aromatic heterocycles. The van der Waals surface area contributed by atoms with E-state index in [0.29, 0.717) is 30.0 Å². The first-order valence-corrected chi connectivity index (χ1v) is 10.5. The number of aromatic amines is 1. The van der Waals surface area contributed by atoms with E-state index < -0.39 is 23.5 Å². The molecule has 0 aliphatic carbocycles. The van der Waals surface area contributed by atoms with Gasteiger partial charge in [-0.1, -0.05) is 5.76 Å². The summed E-state index contributed by atoms with van der Waals surface area (Å²) >= 11 is 0. The molecule has 1 N–H and O–H groups in total. The van der Waals surface area contributed by atoms with Crippen LogP contribution < -0.4 is 19.1 Å². The van der Waals surface area contributed by atoms with Crippen molar-refractivity contribution >= 4 is 17.4 Å². The van der Waals surface area contributed by atoms with Gasteiger partial charge >= 0.3 is 0 Å². The molecule has 0 saturated carbocycles. The summed E-state index contributed by atoms with van der Waals surface area (Å²) in [6.07, 6.45) is 9.02. The molecule has 0 radical (unpaired) electrons. The zero-order chi connectivity index (χ0) is 23.4. The van der Waals surface area contributed by atoms with Crippen LogP contribution in [-0.4, -0.2) is 47.3 Å². The van der Waals surface area contributed by atoms with Crippen molar-refractivity contribution in [3.8, 4) is 11.5 Å². The van der Waals surface area contributed by atoms with Crippen molar-refractivity contribution in [1.29, 1.82) is 0 Å². The summed E-state index contributed by atoms with van der Waals surface area (Å²) < 4.78 is 12.8. The smallest absolute Gasteiger partial charge is 0.295 e. The van der Waals surface area contributed by atoms with Crippen LogP contribution in [0.5, 0.6) is 11.5 Å². The fourth-order valence-electron chi connectivity index (χ4n) is 4.02. The van der Waals surface area contributed by atoms with Crippen molar-refractivity contribution < 1.29 is 28.7 Å². The lowest BCUT2D eigenvalue weighted by Gasteiger charge is -2.28. The SMILES string of the molecule is COc1ccc(OC)c(C2C(=C([O-])c3ccncc3)C(=O)C(=O)N2CCC[n+]2cc[nH]c2)c1. The molecule has 1 aliphatic heterocycles. The number of carbonyl (C=O) groups is 2. The van der Waals surface area contributed by atoms with Gasteiger partial charge in [-0.15, -0.1) is 0 Å². The molecule has 1 aliphatic rings. The molecule has 170 valence electrons. The number of nitrogens with one attached hydrogen (secondary N) is 1. The highest BCUT2D eigenvalue weighted by molar-refractivity contribution is 6.46. The summed E-state index contributed by atoms with van der Waals surface area (Å²) in [6, 6.07) is 7.27. The Balaban J connectivity index is 1.80. The summed E-state index contributed by atoms with van der Waals surface area (Å²) in [7, 11) is 3.02. The molecule has 1 fully saturated rings. The number of hydrogen-bond acceptors (Lipinski definition) is 6. The Bertz CT molecular complexity index is 1170. The van der Waals surface area contributed by atoms with Gasteiger partial charge < -0.3 is 19.5 Å². The van der Waals surface area contributed by atoms with Crippen LogP contribution >= 0.6 is 0 Å². The maximum absolute atomic E-state index is 13.4. The van der Waals surface area contributed by atoms with Gasteiger partial charge in [-0.3, -0.25) is 19.6 Å². The van der Waals surface area contributed by atoms with Crippen LogP contribution in [0.25, 0.3) is 5.76 Å². The van der Waals surface area contributed by atoms with Crippen LogP contribution in [-0.2, 0) is 16.1 Å². The summed E-state index contributed by atoms with van der Waals surface area (Å²) in [5, 5.41) is 13.4. The molecule has 9 nitrogen and oxygen atoms in total. The molecule has 1 unspecified atom stereocenters. The second-order valence-corrected chi connectivity index (χ2v) is 7.52. The van der Waals surface area contributed by atoms with E-state index in [2.05, 4.69) is 9.97 Å². The van der Waals surface area contributed by atoms with E-state index in [-0.39, 0.29) is 17.7 Å². The van der Waals surface area contributed by atoms with Gasteiger partial charge in [0, 0.05) is 36.5 Å². The lowest BCUT2D eigenvalue weighted by atomic mass is 9.94. The number of ether oxygens (including phenoxy) is 2. The standard InChI is InChI=1S/C24H24N4O5/c1-32-17-4-5-19(33-2)18(14-17)21-20(22(29)16-6-8-25-9-7-16)23(30)24(31)28(21)12-3-11-27-13-10-26-15-27/h4-10,13-15,21H,3,11-12H2,1-2H3,(H,29,30). The van der Waals surface area contributed by atoms with Crippen LogP contribution in [0.2, 0.25) is 0 Å². The third-order valence-corrected chi connectivity index (χ3v) is 5.62. The molecule has 1 atom stereocenters. The fraction of sp³-hybridized carbons (Fsp3) is 0.250. The zero-order valence-corrected chi connectivity index (χ0v) is 18.4. The van der Waals surface area contributed by atoms with Crippen molar-refractivity contribution in [2.24, 2.45) is 0 Å². The zero-order valence-electron chi connectivity index (χ0n) is 18.4. The number of ketones is 1. The molecule has 0 bridgehead atoms. The van der Waals surface area contributed by atoms with Crippen LogP contribution in [0.15, 0.2) is 67.0 Å². The molecule has 0 spiro atoms. The van der Waals surface area contributed by atoms with E-state index in [1.165, 1.54) is 43.6 Å². The molecule has 4 rings (SSSR count). The number of amides is 1. The van der Waals surface area contributed by atoms with Crippen LogP contribution in [0.1, 0.15) is 23.6 Å². The third kappa shape index (κ3) is 4.30. The average molecular weight is 448 g/mol. The topological polar surface area (TPSA) is 111 Å². The van der Waals surface area contributed by atoms with Gasteiger partial charge in [0.25, 0.3) is 5.91 Å². The van der Waals surface area contributed by atoms with E-state index in [1.807, 2.05) is 17.1 Å². The minimum Gasteiger partial charge on any atom is -0.872 e. The Morgan fingerprint density at radius 3 is 2.64 bits per heavy atom. The molecule has 3 aromatic rings. The molecular weight excluding hydrogens is 424 g/mol. The molecule has 3 heterocycles. The Morgan fingerprint density at radius 1 is 1.18 bits per heavy atom. The predicted molar refractivity (Wildman–Crippen MR) is 116 cm³/mol. The number of nitrogens with zero attached hydrogens (tertiary/aromatic N) is 3. The van der Waals surface area contributed by atoms with Crippen LogP contribution in [0, 0.1) is 0 Å². The van der Waals surface area contributed by atoms with Crippen molar-refractivity contribution in [1.82, 2.24) is 14.9 Å². The number of benzene rings is 1. The predicted octanol–water partition coefficient (Wildman–Crippen LogP) is 1.03. The van der Waals surface area contributed by atoms with Gasteiger partial charge in [0.1, 0.15) is 23.9 Å². The number of carbonyl (C=O) groups excluding carboxylic acids is 2. The number of likely N-dealkylation sites (tertiary alicyclic amines) is 1. The van der Waals surface area contributed by atoms with E-state index in [4.69, 9.17) is 9.47 Å². The van der Waals surface area contributed by atoms with Crippen molar-refractivity contribution in [2.75, 3.05) is 20.8 Å². The first-order valence-electron chi connectivity index (χ1n) is 10.5. The number of pyridine rings is 1. The maximum Gasteiger partial charge on any atom is 0.295 e. The number of aryl methyl sites for hydroxylation is 1. The Hall–Kier alpha value is -4.14. The molecule has 33 heavy (non-hydrogen) atoms. The highest BCUT2D eigenvalue weighted by atomic mass is 16.5. The highest BCUT2D eigenvalue weighted by Gasteiger charge is 2.45. The van der Waals surface area contributed by atoms with Gasteiger partial charge in [-0.25, -0.2) is 4.57 Å². The summed E-state index contributed by atoms with van der Waals surface area (Å²) in [4.78, 5) is 34.5. The number of imidazole rings is 1. The first-order chi connectivity index (χ1) is 16.0. The fourth-order valence-corrected chi connectivity index (χ4v) is 4.02. The lowest BCUT2D eigenvalue weighted by Crippen LogP contribution is -2.36. The molecule has 1 aromatic carbocycles. The number of rotatable bonds is 8. The van der Waals surface area contributed by atoms with Gasteiger partial charge in [0.2, 0.25) is 12.1 Å². The van der Waals surface area contributed by atoms with Crippen LogP contribution in [0.3, 0.4) is 0 Å². The Kier molecular flexibility index (Phi) is 6.39. The summed E-state index contributed by atoms with van der Waals surface area (Å²) in [6.45, 7) is 0.915. The van der Waals surface area contributed by atoms with Crippen molar-refractivity contribution in [3.63, 3.8) is 0 Å².